The average molecular weight is 507 g/mol. The Labute approximate surface area is 203 Å². The van der Waals surface area contributed by atoms with E-state index in [-0.39, 0.29) is 22.3 Å². The van der Waals surface area contributed by atoms with Crippen LogP contribution in [0.1, 0.15) is 24.0 Å². The molecule has 6 nitrogen and oxygen atoms in total. The lowest BCUT2D eigenvalue weighted by Crippen LogP contribution is -2.41. The van der Waals surface area contributed by atoms with Crippen LogP contribution in [0.2, 0.25) is 10.0 Å². The first kappa shape index (κ1) is 22.7. The van der Waals surface area contributed by atoms with E-state index >= 15 is 0 Å². The summed E-state index contributed by atoms with van der Waals surface area (Å²) in [5.74, 6) is -3.10. The minimum atomic E-state index is -1.65. The van der Waals surface area contributed by atoms with Crippen molar-refractivity contribution in [2.75, 3.05) is 13.1 Å². The molecule has 0 bridgehead atoms. The first-order valence-corrected chi connectivity index (χ1v) is 11.3. The topological polar surface area (TPSA) is 60.0 Å². The molecule has 3 aromatic carbocycles. The number of amides is 1. The number of fused-ring (bicyclic) bond motifs is 1. The fourth-order valence-electron chi connectivity index (χ4n) is 3.97. The smallest absolute Gasteiger partial charge is 0.427 e. The van der Waals surface area contributed by atoms with Crippen LogP contribution < -0.4 is 19.6 Å². The Morgan fingerprint density at radius 1 is 0.971 bits per heavy atom. The van der Waals surface area contributed by atoms with Crippen molar-refractivity contribution in [3.05, 3.63) is 87.4 Å². The van der Waals surface area contributed by atoms with E-state index in [1.807, 2.05) is 0 Å². The number of benzene rings is 3. The molecule has 10 heteroatoms. The summed E-state index contributed by atoms with van der Waals surface area (Å²) in [7, 11) is 0. The van der Waals surface area contributed by atoms with Gasteiger partial charge in [-0.1, -0.05) is 23.2 Å². The van der Waals surface area contributed by atoms with Gasteiger partial charge in [-0.2, -0.15) is 0 Å². The molecule has 1 atom stereocenters. The number of nitrogens with zero attached hydrogens (tertiary/aromatic N) is 1. The van der Waals surface area contributed by atoms with Crippen molar-refractivity contribution in [3.8, 4) is 17.2 Å². The molecule has 34 heavy (non-hydrogen) atoms. The molecule has 176 valence electrons. The van der Waals surface area contributed by atoms with Gasteiger partial charge in [-0.25, -0.2) is 18.6 Å². The molecule has 1 N–H and O–H groups in total. The lowest BCUT2D eigenvalue weighted by molar-refractivity contribution is -0.0459. The molecule has 1 fully saturated rings. The minimum Gasteiger partial charge on any atom is -0.440 e. The van der Waals surface area contributed by atoms with Crippen molar-refractivity contribution in [1.29, 1.82) is 0 Å². The van der Waals surface area contributed by atoms with Crippen molar-refractivity contribution >= 4 is 29.3 Å². The molecule has 1 unspecified atom stereocenters. The molecule has 0 radical (unpaired) electrons. The number of carbonyl (C=O) groups is 1. The predicted octanol–water partition coefficient (Wildman–Crippen LogP) is 6.04. The molecular formula is C24H18Cl2F2N2O4. The second-order valence-electron chi connectivity index (χ2n) is 7.88. The number of hydrogen-bond donors (Lipinski definition) is 1. The van der Waals surface area contributed by atoms with Crippen molar-refractivity contribution in [3.63, 3.8) is 0 Å². The Morgan fingerprint density at radius 3 is 2.32 bits per heavy atom. The zero-order valence-corrected chi connectivity index (χ0v) is 19.1. The highest BCUT2D eigenvalue weighted by Crippen LogP contribution is 2.51. The molecule has 2 heterocycles. The quantitative estimate of drug-likeness (QED) is 0.467. The normalized spacial score (nSPS) is 19.3. The van der Waals surface area contributed by atoms with E-state index in [0.717, 1.165) is 18.9 Å². The summed E-state index contributed by atoms with van der Waals surface area (Å²) in [6.07, 6.45) is 1.10. The third-order valence-corrected chi connectivity index (χ3v) is 6.12. The van der Waals surface area contributed by atoms with Crippen LogP contribution in [0.4, 0.5) is 13.6 Å². The first-order chi connectivity index (χ1) is 16.3. The van der Waals surface area contributed by atoms with Crippen LogP contribution in [0.3, 0.4) is 0 Å². The van der Waals surface area contributed by atoms with Crippen LogP contribution in [-0.2, 0) is 5.79 Å². The second-order valence-corrected chi connectivity index (χ2v) is 8.72. The van der Waals surface area contributed by atoms with Gasteiger partial charge >= 0.3 is 11.9 Å². The standard InChI is InChI=1S/C24H18Cl2F2N2O4/c25-15-5-8-17(18(26)11-15)24(14-3-6-16(27)7-4-14)33-21-12-19(28)20(13-22(21)34-24)32-23(31)29-30-9-1-2-10-30/h3-8,11-13H,1-2,9-10H2,(H,29,31). The maximum atomic E-state index is 14.8. The minimum absolute atomic E-state index is 0.0557. The molecule has 2 aliphatic rings. The molecule has 0 aliphatic carbocycles. The molecule has 0 aromatic heterocycles. The zero-order chi connectivity index (χ0) is 23.9. The van der Waals surface area contributed by atoms with Crippen LogP contribution >= 0.6 is 23.2 Å². The van der Waals surface area contributed by atoms with Crippen LogP contribution in [0.25, 0.3) is 0 Å². The summed E-state index contributed by atoms with van der Waals surface area (Å²) in [4.78, 5) is 12.2. The number of ether oxygens (including phenoxy) is 3. The molecule has 3 aromatic rings. The van der Waals surface area contributed by atoms with E-state index in [4.69, 9.17) is 37.4 Å². The highest BCUT2D eigenvalue weighted by Gasteiger charge is 2.47. The van der Waals surface area contributed by atoms with Gasteiger partial charge in [0.1, 0.15) is 5.82 Å². The number of hydrogen-bond acceptors (Lipinski definition) is 5. The van der Waals surface area contributed by atoms with Gasteiger partial charge in [-0.15, -0.1) is 0 Å². The van der Waals surface area contributed by atoms with Gasteiger partial charge in [-0.05, 0) is 55.3 Å². The summed E-state index contributed by atoms with van der Waals surface area (Å²) in [6.45, 7) is 1.39. The molecule has 1 amide bonds. The Hall–Kier alpha value is -3.07. The Morgan fingerprint density at radius 2 is 1.65 bits per heavy atom. The monoisotopic (exact) mass is 506 g/mol. The highest BCUT2D eigenvalue weighted by atomic mass is 35.5. The van der Waals surface area contributed by atoms with Crippen LogP contribution in [0, 0.1) is 11.6 Å². The summed E-state index contributed by atoms with van der Waals surface area (Å²) in [5, 5.41) is 2.32. The maximum Gasteiger partial charge on any atom is 0.427 e. The van der Waals surface area contributed by atoms with Gasteiger partial charge in [-0.3, -0.25) is 5.43 Å². The molecule has 2 aliphatic heterocycles. The number of halogens is 4. The maximum absolute atomic E-state index is 14.8. The zero-order valence-electron chi connectivity index (χ0n) is 17.6. The summed E-state index contributed by atoms with van der Waals surface area (Å²) >= 11 is 12.5. The number of hydrazine groups is 1. The van der Waals surface area contributed by atoms with Crippen molar-refractivity contribution in [2.45, 2.75) is 18.6 Å². The number of nitrogens with one attached hydrogen (secondary N) is 1. The highest BCUT2D eigenvalue weighted by molar-refractivity contribution is 6.35. The van der Waals surface area contributed by atoms with Gasteiger partial charge in [0.25, 0.3) is 0 Å². The van der Waals surface area contributed by atoms with Crippen LogP contribution in [0.15, 0.2) is 54.6 Å². The largest absolute Gasteiger partial charge is 0.440 e. The Bertz CT molecular complexity index is 1250. The van der Waals surface area contributed by atoms with E-state index in [1.54, 1.807) is 17.1 Å². The number of carbonyl (C=O) groups excluding carboxylic acids is 1. The molecule has 5 rings (SSSR count). The fourth-order valence-corrected chi connectivity index (χ4v) is 4.51. The van der Waals surface area contributed by atoms with Crippen molar-refractivity contribution in [2.24, 2.45) is 0 Å². The fraction of sp³-hybridized carbons (Fsp3) is 0.208. The average Bonchev–Trinajstić information content (AvgIpc) is 3.42. The number of rotatable bonds is 4. The van der Waals surface area contributed by atoms with Gasteiger partial charge in [0, 0.05) is 35.8 Å². The third kappa shape index (κ3) is 4.24. The van der Waals surface area contributed by atoms with Crippen molar-refractivity contribution < 1.29 is 27.8 Å². The molecule has 0 spiro atoms. The summed E-state index contributed by atoms with van der Waals surface area (Å²) in [5.41, 5.74) is 3.35. The van der Waals surface area contributed by atoms with Crippen LogP contribution in [-0.4, -0.2) is 24.2 Å². The van der Waals surface area contributed by atoms with Gasteiger partial charge in [0.05, 0.1) is 10.6 Å². The molecular weight excluding hydrogens is 489 g/mol. The van der Waals surface area contributed by atoms with E-state index in [9.17, 15) is 13.6 Å². The third-order valence-electron chi connectivity index (χ3n) is 5.57. The van der Waals surface area contributed by atoms with Gasteiger partial charge < -0.3 is 14.2 Å². The second kappa shape index (κ2) is 8.94. The molecule has 0 saturated carbocycles. The van der Waals surface area contributed by atoms with E-state index < -0.39 is 23.5 Å². The van der Waals surface area contributed by atoms with Gasteiger partial charge in [0.15, 0.2) is 23.1 Å². The summed E-state index contributed by atoms with van der Waals surface area (Å²) < 4.78 is 45.9. The first-order valence-electron chi connectivity index (χ1n) is 10.5. The lowest BCUT2D eigenvalue weighted by Gasteiger charge is -2.29. The van der Waals surface area contributed by atoms with E-state index in [1.165, 1.54) is 36.4 Å². The SMILES string of the molecule is O=C(NN1CCCC1)Oc1cc2c(cc1F)OC(c1ccc(F)cc1)(c1ccc(Cl)cc1Cl)O2. The molecule has 1 saturated heterocycles. The predicted molar refractivity (Wildman–Crippen MR) is 121 cm³/mol. The van der Waals surface area contributed by atoms with Crippen LogP contribution in [0.5, 0.6) is 17.2 Å². The van der Waals surface area contributed by atoms with Gasteiger partial charge in [0.2, 0.25) is 0 Å². The van der Waals surface area contributed by atoms with E-state index in [0.29, 0.717) is 29.2 Å². The lowest BCUT2D eigenvalue weighted by atomic mass is 9.97. The Balaban J connectivity index is 1.50. The Kier molecular flexibility index (Phi) is 5.97. The van der Waals surface area contributed by atoms with Crippen molar-refractivity contribution in [1.82, 2.24) is 10.4 Å². The summed E-state index contributed by atoms with van der Waals surface area (Å²) in [6, 6.07) is 12.4. The van der Waals surface area contributed by atoms with E-state index in [2.05, 4.69) is 5.43 Å².